The molecule has 0 aliphatic heterocycles. The molecule has 8 heteroatoms. The predicted molar refractivity (Wildman–Crippen MR) is 112 cm³/mol. The van der Waals surface area contributed by atoms with Crippen LogP contribution in [-0.4, -0.2) is 26.0 Å². The highest BCUT2D eigenvalue weighted by molar-refractivity contribution is 9.10. The van der Waals surface area contributed by atoms with Crippen molar-refractivity contribution in [1.82, 2.24) is 20.2 Å². The van der Waals surface area contributed by atoms with Gasteiger partial charge in [-0.25, -0.2) is 4.68 Å². The number of aromatic nitrogens is 3. The number of nitrogens with one attached hydrogen (secondary N) is 1. The van der Waals surface area contributed by atoms with Gasteiger partial charge in [-0.2, -0.15) is 0 Å². The number of nitrogen functional groups attached to an aromatic ring is 1. The van der Waals surface area contributed by atoms with E-state index in [4.69, 9.17) is 5.84 Å². The fraction of sp³-hybridized carbons (Fsp3) is 0.211. The zero-order chi connectivity index (χ0) is 19.4. The molecular formula is C19H20BrN5OS. The first-order chi connectivity index (χ1) is 13.0. The van der Waals surface area contributed by atoms with Gasteiger partial charge in [0.25, 0.3) is 0 Å². The van der Waals surface area contributed by atoms with E-state index in [-0.39, 0.29) is 11.2 Å². The molecule has 1 heterocycles. The van der Waals surface area contributed by atoms with Crippen molar-refractivity contribution in [2.75, 3.05) is 5.84 Å². The number of thioether (sulfide) groups is 1. The monoisotopic (exact) mass is 445 g/mol. The SMILES string of the molecule is Cc1ccc(CNC(=O)C(C)Sc2nnc(-c3ccccc3Br)n2N)cc1. The Labute approximate surface area is 170 Å². The van der Waals surface area contributed by atoms with Crippen LogP contribution in [-0.2, 0) is 11.3 Å². The Morgan fingerprint density at radius 1 is 1.22 bits per heavy atom. The number of hydrogen-bond donors (Lipinski definition) is 2. The van der Waals surface area contributed by atoms with Gasteiger partial charge in [0.15, 0.2) is 5.82 Å². The van der Waals surface area contributed by atoms with Crippen molar-refractivity contribution in [3.05, 3.63) is 64.1 Å². The third-order valence-corrected chi connectivity index (χ3v) is 5.77. The van der Waals surface area contributed by atoms with E-state index in [1.165, 1.54) is 22.0 Å². The average molecular weight is 446 g/mol. The zero-order valence-electron chi connectivity index (χ0n) is 15.0. The molecule has 27 heavy (non-hydrogen) atoms. The predicted octanol–water partition coefficient (Wildman–Crippen LogP) is 3.53. The average Bonchev–Trinajstić information content (AvgIpc) is 3.01. The molecule has 1 amide bonds. The second-order valence-corrected chi connectivity index (χ2v) is 8.28. The molecular weight excluding hydrogens is 426 g/mol. The number of carbonyl (C=O) groups is 1. The molecule has 0 spiro atoms. The molecule has 140 valence electrons. The molecule has 1 unspecified atom stereocenters. The van der Waals surface area contributed by atoms with Crippen LogP contribution in [0.3, 0.4) is 0 Å². The third kappa shape index (κ3) is 4.70. The molecule has 0 radical (unpaired) electrons. The Morgan fingerprint density at radius 3 is 2.63 bits per heavy atom. The number of hydrogen-bond acceptors (Lipinski definition) is 5. The van der Waals surface area contributed by atoms with Gasteiger partial charge in [0, 0.05) is 16.6 Å². The molecule has 0 saturated heterocycles. The molecule has 3 N–H and O–H groups in total. The summed E-state index contributed by atoms with van der Waals surface area (Å²) in [4.78, 5) is 12.4. The van der Waals surface area contributed by atoms with E-state index in [2.05, 4.69) is 31.4 Å². The maximum Gasteiger partial charge on any atom is 0.233 e. The minimum atomic E-state index is -0.353. The van der Waals surface area contributed by atoms with Crippen molar-refractivity contribution >= 4 is 33.6 Å². The fourth-order valence-electron chi connectivity index (χ4n) is 2.43. The minimum absolute atomic E-state index is 0.0778. The lowest BCUT2D eigenvalue weighted by molar-refractivity contribution is -0.120. The van der Waals surface area contributed by atoms with Crippen LogP contribution in [0.2, 0.25) is 0 Å². The van der Waals surface area contributed by atoms with Gasteiger partial charge in [-0.05, 0) is 31.5 Å². The van der Waals surface area contributed by atoms with Crippen LogP contribution < -0.4 is 11.2 Å². The zero-order valence-corrected chi connectivity index (χ0v) is 17.4. The Hall–Kier alpha value is -2.32. The van der Waals surface area contributed by atoms with Crippen LogP contribution in [0.15, 0.2) is 58.2 Å². The van der Waals surface area contributed by atoms with Crippen LogP contribution in [0.25, 0.3) is 11.4 Å². The molecule has 2 aromatic carbocycles. The highest BCUT2D eigenvalue weighted by Gasteiger charge is 2.20. The molecule has 0 aliphatic carbocycles. The Morgan fingerprint density at radius 2 is 1.93 bits per heavy atom. The quantitative estimate of drug-likeness (QED) is 0.447. The number of nitrogens with two attached hydrogens (primary N) is 1. The first-order valence-electron chi connectivity index (χ1n) is 8.41. The largest absolute Gasteiger partial charge is 0.351 e. The standard InChI is InChI=1S/C19H20BrN5OS/c1-12-7-9-14(10-8-12)11-22-18(26)13(2)27-19-24-23-17(25(19)21)15-5-3-4-6-16(15)20/h3-10,13H,11,21H2,1-2H3,(H,22,26). The van der Waals surface area contributed by atoms with Gasteiger partial charge >= 0.3 is 0 Å². The van der Waals surface area contributed by atoms with Crippen LogP contribution in [0.1, 0.15) is 18.1 Å². The number of halogens is 1. The minimum Gasteiger partial charge on any atom is -0.351 e. The number of carbonyl (C=O) groups excluding carboxylic acids is 1. The van der Waals surface area contributed by atoms with E-state index >= 15 is 0 Å². The van der Waals surface area contributed by atoms with E-state index in [1.807, 2.05) is 62.4 Å². The molecule has 6 nitrogen and oxygen atoms in total. The van der Waals surface area contributed by atoms with Crippen LogP contribution >= 0.6 is 27.7 Å². The van der Waals surface area contributed by atoms with E-state index in [0.29, 0.717) is 17.5 Å². The highest BCUT2D eigenvalue weighted by atomic mass is 79.9. The normalized spacial score (nSPS) is 12.0. The van der Waals surface area contributed by atoms with E-state index < -0.39 is 0 Å². The van der Waals surface area contributed by atoms with Gasteiger partial charge in [0.2, 0.25) is 11.1 Å². The summed E-state index contributed by atoms with van der Waals surface area (Å²) in [5, 5.41) is 11.4. The Balaban J connectivity index is 1.64. The second kappa shape index (κ2) is 8.58. The van der Waals surface area contributed by atoms with E-state index in [0.717, 1.165) is 15.6 Å². The highest BCUT2D eigenvalue weighted by Crippen LogP contribution is 2.29. The van der Waals surface area contributed by atoms with Crippen molar-refractivity contribution in [3.8, 4) is 11.4 Å². The second-order valence-electron chi connectivity index (χ2n) is 6.12. The number of amides is 1. The number of nitrogens with zero attached hydrogens (tertiary/aromatic N) is 3. The van der Waals surface area contributed by atoms with Gasteiger partial charge in [-0.15, -0.1) is 10.2 Å². The van der Waals surface area contributed by atoms with Crippen molar-refractivity contribution in [1.29, 1.82) is 0 Å². The van der Waals surface area contributed by atoms with Crippen LogP contribution in [0.5, 0.6) is 0 Å². The number of rotatable bonds is 6. The first kappa shape index (κ1) is 19.4. The summed E-state index contributed by atoms with van der Waals surface area (Å²) in [7, 11) is 0. The van der Waals surface area contributed by atoms with Crippen LogP contribution in [0.4, 0.5) is 0 Å². The third-order valence-electron chi connectivity index (χ3n) is 4.02. The van der Waals surface area contributed by atoms with E-state index in [9.17, 15) is 4.79 Å². The maximum atomic E-state index is 12.4. The molecule has 1 aromatic heterocycles. The summed E-state index contributed by atoms with van der Waals surface area (Å²) < 4.78 is 2.29. The van der Waals surface area contributed by atoms with Gasteiger partial charge in [-0.3, -0.25) is 4.79 Å². The maximum absolute atomic E-state index is 12.4. The van der Waals surface area contributed by atoms with Gasteiger partial charge < -0.3 is 11.2 Å². The summed E-state index contributed by atoms with van der Waals surface area (Å²) in [6.07, 6.45) is 0. The molecule has 3 rings (SSSR count). The summed E-state index contributed by atoms with van der Waals surface area (Å²) >= 11 is 4.76. The Bertz CT molecular complexity index is 942. The summed E-state index contributed by atoms with van der Waals surface area (Å²) in [5.41, 5.74) is 3.09. The molecule has 0 fully saturated rings. The van der Waals surface area contributed by atoms with Crippen molar-refractivity contribution in [3.63, 3.8) is 0 Å². The molecule has 0 bridgehead atoms. The summed E-state index contributed by atoms with van der Waals surface area (Å²) in [5.74, 6) is 6.61. The topological polar surface area (TPSA) is 85.8 Å². The number of benzene rings is 2. The smallest absolute Gasteiger partial charge is 0.233 e. The summed E-state index contributed by atoms with van der Waals surface area (Å²) in [6.45, 7) is 4.34. The lowest BCUT2D eigenvalue weighted by Gasteiger charge is -2.12. The van der Waals surface area contributed by atoms with Crippen molar-refractivity contribution in [2.24, 2.45) is 0 Å². The molecule has 3 aromatic rings. The summed E-state index contributed by atoms with van der Waals surface area (Å²) in [6, 6.07) is 15.7. The van der Waals surface area contributed by atoms with Gasteiger partial charge in [-0.1, -0.05) is 69.7 Å². The Kier molecular flexibility index (Phi) is 6.18. The van der Waals surface area contributed by atoms with E-state index in [1.54, 1.807) is 0 Å². The van der Waals surface area contributed by atoms with Crippen molar-refractivity contribution < 1.29 is 4.79 Å². The lowest BCUT2D eigenvalue weighted by Crippen LogP contribution is -2.30. The molecule has 0 saturated carbocycles. The first-order valence-corrected chi connectivity index (χ1v) is 10.1. The van der Waals surface area contributed by atoms with Crippen molar-refractivity contribution in [2.45, 2.75) is 30.8 Å². The molecule has 0 aliphatic rings. The molecule has 1 atom stereocenters. The lowest BCUT2D eigenvalue weighted by atomic mass is 10.1. The van der Waals surface area contributed by atoms with Crippen LogP contribution in [0, 0.1) is 6.92 Å². The fourth-order valence-corrected chi connectivity index (χ4v) is 3.69. The van der Waals surface area contributed by atoms with Gasteiger partial charge in [0.05, 0.1) is 5.25 Å². The number of aryl methyl sites for hydroxylation is 1. The van der Waals surface area contributed by atoms with Gasteiger partial charge in [0.1, 0.15) is 0 Å².